The Morgan fingerprint density at radius 3 is 2.66 bits per heavy atom. The average molecular weight is 442 g/mol. The standard InChI is InChI=1S/C22H23N3OS3/c1-16-7-5-6-14-24(16)20(26)18-10-12-19(13-11-18)25-22(27)29-21(23-25)28-15-17-8-3-2-4-9-17/h2-4,8-13,16H,5-7,14-15H2,1H3. The fraction of sp³-hybridized carbons (Fsp3) is 0.318. The minimum atomic E-state index is 0.115. The Bertz CT molecular complexity index is 1030. The Labute approximate surface area is 184 Å². The van der Waals surface area contributed by atoms with E-state index < -0.39 is 0 Å². The van der Waals surface area contributed by atoms with Crippen molar-refractivity contribution < 1.29 is 4.79 Å². The molecule has 1 amide bonds. The molecule has 4 nitrogen and oxygen atoms in total. The summed E-state index contributed by atoms with van der Waals surface area (Å²) in [7, 11) is 0. The highest BCUT2D eigenvalue weighted by molar-refractivity contribution is 8.00. The summed E-state index contributed by atoms with van der Waals surface area (Å²) in [6.45, 7) is 2.98. The third-order valence-corrected chi connectivity index (χ3v) is 7.59. The first kappa shape index (κ1) is 20.3. The van der Waals surface area contributed by atoms with Crippen LogP contribution < -0.4 is 0 Å². The first-order valence-electron chi connectivity index (χ1n) is 9.80. The lowest BCUT2D eigenvalue weighted by molar-refractivity contribution is 0.0635. The average Bonchev–Trinajstić information content (AvgIpc) is 3.13. The number of likely N-dealkylation sites (tertiary alicyclic amines) is 1. The largest absolute Gasteiger partial charge is 0.336 e. The maximum Gasteiger partial charge on any atom is 0.254 e. The minimum absolute atomic E-state index is 0.115. The lowest BCUT2D eigenvalue weighted by Crippen LogP contribution is -2.42. The van der Waals surface area contributed by atoms with Gasteiger partial charge in [-0.05, 0) is 68.2 Å². The molecular weight excluding hydrogens is 418 g/mol. The zero-order valence-electron chi connectivity index (χ0n) is 16.3. The fourth-order valence-corrected chi connectivity index (χ4v) is 5.83. The molecule has 0 radical (unpaired) electrons. The molecule has 0 bridgehead atoms. The molecule has 0 spiro atoms. The Hall–Kier alpha value is -1.96. The van der Waals surface area contributed by atoms with E-state index in [0.717, 1.165) is 40.7 Å². The molecule has 1 aromatic heterocycles. The van der Waals surface area contributed by atoms with Gasteiger partial charge in [-0.1, -0.05) is 53.4 Å². The monoisotopic (exact) mass is 441 g/mol. The van der Waals surface area contributed by atoms with Crippen LogP contribution >= 0.6 is 35.3 Å². The highest BCUT2D eigenvalue weighted by Gasteiger charge is 2.24. The van der Waals surface area contributed by atoms with Gasteiger partial charge in [-0.25, -0.2) is 4.68 Å². The number of carbonyl (C=O) groups excluding carboxylic acids is 1. The van der Waals surface area contributed by atoms with Gasteiger partial charge in [-0.15, -0.1) is 5.10 Å². The zero-order valence-corrected chi connectivity index (χ0v) is 18.7. The summed E-state index contributed by atoms with van der Waals surface area (Å²) in [5.74, 6) is 0.981. The van der Waals surface area contributed by atoms with Crippen LogP contribution in [0.5, 0.6) is 0 Å². The highest BCUT2D eigenvalue weighted by atomic mass is 32.2. The molecule has 0 aliphatic carbocycles. The number of rotatable bonds is 5. The van der Waals surface area contributed by atoms with Crippen molar-refractivity contribution in [3.63, 3.8) is 0 Å². The van der Waals surface area contributed by atoms with Crippen LogP contribution in [0, 0.1) is 3.95 Å². The molecule has 4 rings (SSSR count). The van der Waals surface area contributed by atoms with Crippen molar-refractivity contribution in [1.29, 1.82) is 0 Å². The van der Waals surface area contributed by atoms with Crippen molar-refractivity contribution in [3.05, 3.63) is 69.7 Å². The SMILES string of the molecule is CC1CCCCN1C(=O)c1ccc(-n2nc(SCc3ccccc3)sc2=S)cc1. The van der Waals surface area contributed by atoms with E-state index in [0.29, 0.717) is 10.00 Å². The molecule has 7 heteroatoms. The molecule has 1 aliphatic rings. The lowest BCUT2D eigenvalue weighted by atomic mass is 10.0. The van der Waals surface area contributed by atoms with Crippen LogP contribution in [0.4, 0.5) is 0 Å². The molecule has 0 N–H and O–H groups in total. The highest BCUT2D eigenvalue weighted by Crippen LogP contribution is 2.27. The Morgan fingerprint density at radius 2 is 1.93 bits per heavy atom. The summed E-state index contributed by atoms with van der Waals surface area (Å²) >= 11 is 8.72. The first-order chi connectivity index (χ1) is 14.1. The number of amides is 1. The summed E-state index contributed by atoms with van der Waals surface area (Å²) in [4.78, 5) is 14.8. The van der Waals surface area contributed by atoms with Crippen molar-refractivity contribution in [2.24, 2.45) is 0 Å². The molecule has 150 valence electrons. The molecule has 1 saturated heterocycles. The summed E-state index contributed by atoms with van der Waals surface area (Å²) in [6.07, 6.45) is 3.38. The van der Waals surface area contributed by atoms with Crippen molar-refractivity contribution in [2.45, 2.75) is 42.3 Å². The van der Waals surface area contributed by atoms with Crippen LogP contribution in [0.25, 0.3) is 5.69 Å². The molecule has 1 aliphatic heterocycles. The molecular formula is C22H23N3OS3. The van der Waals surface area contributed by atoms with Gasteiger partial charge in [0.1, 0.15) is 0 Å². The van der Waals surface area contributed by atoms with Gasteiger partial charge in [0.25, 0.3) is 5.91 Å². The van der Waals surface area contributed by atoms with E-state index in [4.69, 9.17) is 12.2 Å². The van der Waals surface area contributed by atoms with Crippen molar-refractivity contribution in [1.82, 2.24) is 14.7 Å². The molecule has 1 unspecified atom stereocenters. The maximum absolute atomic E-state index is 12.8. The van der Waals surface area contributed by atoms with Crippen LogP contribution in [-0.2, 0) is 5.75 Å². The topological polar surface area (TPSA) is 38.1 Å². The second-order valence-corrected chi connectivity index (χ2v) is 10.1. The first-order valence-corrected chi connectivity index (χ1v) is 12.0. The van der Waals surface area contributed by atoms with Crippen LogP contribution in [-0.4, -0.2) is 33.2 Å². The third-order valence-electron chi connectivity index (χ3n) is 5.16. The van der Waals surface area contributed by atoms with E-state index in [1.54, 1.807) is 16.4 Å². The number of nitrogens with zero attached hydrogens (tertiary/aromatic N) is 3. The summed E-state index contributed by atoms with van der Waals surface area (Å²) in [5, 5.41) is 4.67. The van der Waals surface area contributed by atoms with Crippen LogP contribution in [0.3, 0.4) is 0 Å². The number of benzene rings is 2. The maximum atomic E-state index is 12.8. The molecule has 2 heterocycles. The van der Waals surface area contributed by atoms with Crippen LogP contribution in [0.1, 0.15) is 42.1 Å². The van der Waals surface area contributed by atoms with E-state index >= 15 is 0 Å². The van der Waals surface area contributed by atoms with Gasteiger partial charge in [-0.3, -0.25) is 4.79 Å². The van der Waals surface area contributed by atoms with Gasteiger partial charge in [-0.2, -0.15) is 0 Å². The van der Waals surface area contributed by atoms with Gasteiger partial charge in [0.05, 0.1) is 5.69 Å². The van der Waals surface area contributed by atoms with Gasteiger partial charge in [0, 0.05) is 23.9 Å². The van der Waals surface area contributed by atoms with Crippen molar-refractivity contribution in [2.75, 3.05) is 6.54 Å². The second-order valence-electron chi connectivity index (χ2n) is 7.21. The number of aromatic nitrogens is 2. The number of piperidine rings is 1. The number of carbonyl (C=O) groups is 1. The van der Waals surface area contributed by atoms with Gasteiger partial charge < -0.3 is 4.90 Å². The molecule has 2 aromatic carbocycles. The normalized spacial score (nSPS) is 16.7. The summed E-state index contributed by atoms with van der Waals surface area (Å²) in [5.41, 5.74) is 2.88. The quantitative estimate of drug-likeness (QED) is 0.361. The molecule has 3 aromatic rings. The van der Waals surface area contributed by atoms with Crippen molar-refractivity contribution in [3.8, 4) is 5.69 Å². The smallest absolute Gasteiger partial charge is 0.254 e. The zero-order chi connectivity index (χ0) is 20.2. The fourth-order valence-electron chi connectivity index (χ4n) is 3.51. The van der Waals surface area contributed by atoms with Gasteiger partial charge >= 0.3 is 0 Å². The van der Waals surface area contributed by atoms with E-state index in [9.17, 15) is 4.79 Å². The molecule has 29 heavy (non-hydrogen) atoms. The van der Waals surface area contributed by atoms with Crippen molar-refractivity contribution >= 4 is 41.2 Å². The number of hydrogen-bond donors (Lipinski definition) is 0. The second kappa shape index (κ2) is 9.24. The molecule has 1 atom stereocenters. The summed E-state index contributed by atoms with van der Waals surface area (Å²) < 4.78 is 3.44. The van der Waals surface area contributed by atoms with E-state index in [1.165, 1.54) is 23.3 Å². The van der Waals surface area contributed by atoms with E-state index in [2.05, 4.69) is 24.2 Å². The molecule has 0 saturated carbocycles. The van der Waals surface area contributed by atoms with Crippen LogP contribution in [0.2, 0.25) is 0 Å². The van der Waals surface area contributed by atoms with E-state index in [-0.39, 0.29) is 5.91 Å². The van der Waals surface area contributed by atoms with Gasteiger partial charge in [0.15, 0.2) is 8.29 Å². The number of hydrogen-bond acceptors (Lipinski definition) is 5. The van der Waals surface area contributed by atoms with E-state index in [1.807, 2.05) is 47.4 Å². The predicted molar refractivity (Wildman–Crippen MR) is 123 cm³/mol. The number of thioether (sulfide) groups is 1. The Morgan fingerprint density at radius 1 is 1.17 bits per heavy atom. The van der Waals surface area contributed by atoms with Crippen LogP contribution in [0.15, 0.2) is 58.9 Å². The third kappa shape index (κ3) is 4.79. The lowest BCUT2D eigenvalue weighted by Gasteiger charge is -2.33. The minimum Gasteiger partial charge on any atom is -0.336 e. The van der Waals surface area contributed by atoms with Gasteiger partial charge in [0.2, 0.25) is 0 Å². The predicted octanol–water partition coefficient (Wildman–Crippen LogP) is 5.97. The Kier molecular flexibility index (Phi) is 6.47. The summed E-state index contributed by atoms with van der Waals surface area (Å²) in [6, 6.07) is 18.3. The Balaban J connectivity index is 1.47. The molecule has 1 fully saturated rings.